The molecule has 4 aliphatic carbocycles. The van der Waals surface area contributed by atoms with Gasteiger partial charge in [-0.05, 0) is 107 Å². The van der Waals surface area contributed by atoms with Crippen molar-refractivity contribution in [2.24, 2.45) is 5.92 Å². The monoisotopic (exact) mass is 848 g/mol. The van der Waals surface area contributed by atoms with Gasteiger partial charge in [-0.2, -0.15) is 0 Å². The van der Waals surface area contributed by atoms with E-state index >= 15 is 0 Å². The van der Waals surface area contributed by atoms with Crippen molar-refractivity contribution in [2.75, 3.05) is 0 Å². The molecule has 5 atom stereocenters. The van der Waals surface area contributed by atoms with E-state index in [-0.39, 0.29) is 28.6 Å². The minimum atomic E-state index is -0.378. The summed E-state index contributed by atoms with van der Waals surface area (Å²) in [6, 6.07) is 73.5. The van der Waals surface area contributed by atoms with Gasteiger partial charge in [-0.15, -0.1) is 0 Å². The maximum atomic E-state index is 2.69. The second kappa shape index (κ2) is 15.6. The molecule has 4 aliphatic rings. The van der Waals surface area contributed by atoms with Gasteiger partial charge in [0.2, 0.25) is 0 Å². The summed E-state index contributed by atoms with van der Waals surface area (Å²) >= 11 is 0. The smallest absolute Gasteiger partial charge is 0.0616 e. The normalized spacial score (nSPS) is 23.0. The summed E-state index contributed by atoms with van der Waals surface area (Å²) in [4.78, 5) is 0. The molecule has 0 aliphatic heterocycles. The van der Waals surface area contributed by atoms with E-state index < -0.39 is 0 Å². The molecule has 2 nitrogen and oxygen atoms in total. The number of nitrogens with zero attached hydrogens (tertiary/aromatic N) is 2. The molecule has 7 aromatic carbocycles. The predicted octanol–water partition coefficient (Wildman–Crippen LogP) is 15.6. The van der Waals surface area contributed by atoms with Crippen molar-refractivity contribution >= 4 is 21.8 Å². The zero-order valence-electron chi connectivity index (χ0n) is 37.2. The summed E-state index contributed by atoms with van der Waals surface area (Å²) in [6.45, 7) is 0. The lowest BCUT2D eigenvalue weighted by molar-refractivity contribution is 0.357. The maximum Gasteiger partial charge on any atom is 0.0616 e. The standard InChI is InChI=1S/C64H52N2/c1-7-24-45(25-8-1)55-43-63(47-28-11-3-12-29-47,48-30-13-4-14-31-48)61-59(55)53-38-19-21-40-57(53)65(61)51-36-23-37-52(42-51)66-58-41-22-20-39-54(58)60-56(46-26-9-2-10-27-46)44-64(62(60)66,49-32-15-5-16-33-49)50-34-17-6-18-35-50/h1-5,7-17,19-30,32-42,48,55-56H,6,18,31,43-44H2. The van der Waals surface area contributed by atoms with Crippen LogP contribution in [0.5, 0.6) is 0 Å². The van der Waals surface area contributed by atoms with Gasteiger partial charge in [0.1, 0.15) is 0 Å². The summed E-state index contributed by atoms with van der Waals surface area (Å²) in [5.41, 5.74) is 16.9. The molecule has 0 saturated heterocycles. The van der Waals surface area contributed by atoms with E-state index in [0.29, 0.717) is 0 Å². The van der Waals surface area contributed by atoms with Gasteiger partial charge in [-0.3, -0.25) is 0 Å². The molecule has 66 heavy (non-hydrogen) atoms. The molecule has 0 saturated carbocycles. The fourth-order valence-electron chi connectivity index (χ4n) is 13.2. The van der Waals surface area contributed by atoms with Crippen molar-refractivity contribution in [3.8, 4) is 11.4 Å². The van der Waals surface area contributed by atoms with Crippen LogP contribution in [-0.4, -0.2) is 9.13 Å². The SMILES string of the molecule is C1=CCC(C2(c3ccccc3)CC(c3ccccc3)c3c2n(-c2cccc(-n4c5c(c6ccccc64)C(c4ccccc4)CC5(C4=CCCC=C4)c4ccccc4)c2)c2ccccc32)C=C1. The molecule has 0 N–H and O–H groups in total. The average Bonchev–Trinajstić information content (AvgIpc) is 4.15. The third kappa shape index (κ3) is 5.73. The van der Waals surface area contributed by atoms with Crippen LogP contribution in [0.1, 0.15) is 88.7 Å². The Morgan fingerprint density at radius 2 is 1.00 bits per heavy atom. The first kappa shape index (κ1) is 39.0. The number of hydrogen-bond acceptors (Lipinski definition) is 0. The van der Waals surface area contributed by atoms with Crippen LogP contribution in [0.4, 0.5) is 0 Å². The van der Waals surface area contributed by atoms with Gasteiger partial charge in [0.25, 0.3) is 0 Å². The number of aromatic nitrogens is 2. The van der Waals surface area contributed by atoms with Crippen LogP contribution in [-0.2, 0) is 10.8 Å². The molecule has 0 fully saturated rings. The Bertz CT molecular complexity index is 3400. The minimum Gasteiger partial charge on any atom is -0.312 e. The first-order chi connectivity index (χ1) is 32.8. The fraction of sp³-hybridized carbons (Fsp3) is 0.156. The Labute approximate surface area is 388 Å². The van der Waals surface area contributed by atoms with E-state index in [0.717, 1.165) is 32.1 Å². The molecule has 5 unspecified atom stereocenters. The van der Waals surface area contributed by atoms with Crippen LogP contribution < -0.4 is 0 Å². The van der Waals surface area contributed by atoms with Crippen LogP contribution in [0.25, 0.3) is 33.2 Å². The summed E-state index contributed by atoms with van der Waals surface area (Å²) in [7, 11) is 0. The van der Waals surface area contributed by atoms with Crippen molar-refractivity contribution in [2.45, 2.75) is 54.8 Å². The first-order valence-corrected chi connectivity index (χ1v) is 24.1. The summed E-state index contributed by atoms with van der Waals surface area (Å²) < 4.78 is 5.36. The van der Waals surface area contributed by atoms with E-state index in [2.05, 4.69) is 246 Å². The zero-order chi connectivity index (χ0) is 43.7. The highest BCUT2D eigenvalue weighted by Crippen LogP contribution is 2.62. The Kier molecular flexibility index (Phi) is 9.24. The fourth-order valence-corrected chi connectivity index (χ4v) is 13.2. The van der Waals surface area contributed by atoms with Crippen LogP contribution >= 0.6 is 0 Å². The van der Waals surface area contributed by atoms with E-state index in [4.69, 9.17) is 0 Å². The Morgan fingerprint density at radius 3 is 1.59 bits per heavy atom. The molecular formula is C64H52N2. The molecule has 0 amide bonds. The van der Waals surface area contributed by atoms with Crippen molar-refractivity contribution in [3.05, 3.63) is 287 Å². The highest BCUT2D eigenvalue weighted by Gasteiger charge is 2.54. The minimum absolute atomic E-state index is 0.211. The Hall–Kier alpha value is -7.42. The number of rotatable bonds is 8. The molecule has 13 rings (SSSR count). The summed E-state index contributed by atoms with van der Waals surface area (Å²) in [5, 5.41) is 2.68. The molecule has 0 radical (unpaired) electrons. The van der Waals surface area contributed by atoms with Gasteiger partial charge in [-0.25, -0.2) is 0 Å². The second-order valence-corrected chi connectivity index (χ2v) is 19.0. The number of benzene rings is 7. The van der Waals surface area contributed by atoms with Crippen molar-refractivity contribution < 1.29 is 0 Å². The Balaban J connectivity index is 1.12. The van der Waals surface area contributed by atoms with Crippen LogP contribution in [0.15, 0.2) is 242 Å². The van der Waals surface area contributed by atoms with Gasteiger partial charge >= 0.3 is 0 Å². The van der Waals surface area contributed by atoms with E-state index in [1.54, 1.807) is 0 Å². The van der Waals surface area contributed by atoms with Gasteiger partial charge in [-0.1, -0.05) is 206 Å². The molecule has 9 aromatic rings. The zero-order valence-corrected chi connectivity index (χ0v) is 37.2. The molecular weight excluding hydrogens is 797 g/mol. The number of para-hydroxylation sites is 2. The first-order valence-electron chi connectivity index (χ1n) is 24.1. The molecule has 2 aromatic heterocycles. The topological polar surface area (TPSA) is 9.86 Å². The number of allylic oxidation sites excluding steroid dienone is 8. The average molecular weight is 849 g/mol. The molecule has 318 valence electrons. The lowest BCUT2D eigenvalue weighted by Crippen LogP contribution is -2.36. The lowest BCUT2D eigenvalue weighted by Gasteiger charge is -2.39. The quantitative estimate of drug-likeness (QED) is 0.144. The van der Waals surface area contributed by atoms with E-state index in [1.165, 1.54) is 83.5 Å². The van der Waals surface area contributed by atoms with Gasteiger partial charge in [0.15, 0.2) is 0 Å². The van der Waals surface area contributed by atoms with Crippen molar-refractivity contribution in [3.63, 3.8) is 0 Å². The largest absolute Gasteiger partial charge is 0.312 e. The van der Waals surface area contributed by atoms with Gasteiger partial charge in [0.05, 0.1) is 16.4 Å². The number of fused-ring (bicyclic) bond motifs is 6. The molecule has 2 heteroatoms. The van der Waals surface area contributed by atoms with Crippen molar-refractivity contribution in [1.29, 1.82) is 0 Å². The van der Waals surface area contributed by atoms with Crippen molar-refractivity contribution in [1.82, 2.24) is 9.13 Å². The van der Waals surface area contributed by atoms with Gasteiger partial charge in [0, 0.05) is 50.8 Å². The highest BCUT2D eigenvalue weighted by atomic mass is 15.1. The Morgan fingerprint density at radius 1 is 0.455 bits per heavy atom. The van der Waals surface area contributed by atoms with E-state index in [9.17, 15) is 0 Å². The van der Waals surface area contributed by atoms with E-state index in [1.807, 2.05) is 0 Å². The predicted molar refractivity (Wildman–Crippen MR) is 273 cm³/mol. The third-order valence-electron chi connectivity index (χ3n) is 15.8. The summed E-state index contributed by atoms with van der Waals surface area (Å²) in [6.07, 6.45) is 21.9. The molecule has 2 heterocycles. The second-order valence-electron chi connectivity index (χ2n) is 19.0. The van der Waals surface area contributed by atoms with Crippen LogP contribution in [0.2, 0.25) is 0 Å². The lowest BCUT2D eigenvalue weighted by atomic mass is 9.65. The molecule has 0 spiro atoms. The summed E-state index contributed by atoms with van der Waals surface area (Å²) in [5.74, 6) is 0.714. The highest BCUT2D eigenvalue weighted by molar-refractivity contribution is 5.93. The van der Waals surface area contributed by atoms with Gasteiger partial charge < -0.3 is 9.13 Å². The van der Waals surface area contributed by atoms with Crippen LogP contribution in [0.3, 0.4) is 0 Å². The molecule has 0 bridgehead atoms. The number of hydrogen-bond donors (Lipinski definition) is 0. The maximum absolute atomic E-state index is 2.69. The van der Waals surface area contributed by atoms with Crippen LogP contribution in [0, 0.1) is 5.92 Å². The third-order valence-corrected chi connectivity index (χ3v) is 15.8.